The van der Waals surface area contributed by atoms with Gasteiger partial charge in [0.25, 0.3) is 0 Å². The van der Waals surface area contributed by atoms with Crippen molar-refractivity contribution in [2.75, 3.05) is 0 Å². The van der Waals surface area contributed by atoms with Crippen molar-refractivity contribution >= 4 is 23.9 Å². The largest absolute Gasteiger partial charge is 0.481 e. The first-order valence-corrected chi connectivity index (χ1v) is 8.21. The Hall–Kier alpha value is -2.70. The summed E-state index contributed by atoms with van der Waals surface area (Å²) in [7, 11) is 0. The Balaban J connectivity index is 0.000000255. The van der Waals surface area contributed by atoms with E-state index < -0.39 is 23.9 Å². The van der Waals surface area contributed by atoms with E-state index in [2.05, 4.69) is 4.74 Å². The Labute approximate surface area is 145 Å². The summed E-state index contributed by atoms with van der Waals surface area (Å²) in [4.78, 5) is 42.0. The number of carboxylic acid groups (broad SMARTS) is 2. The van der Waals surface area contributed by atoms with Gasteiger partial charge in [0.2, 0.25) is 0 Å². The molecule has 1 heterocycles. The standard InChI is InChI=1S/C10H18O4.C8H4O3/c11-9(12)7-5-3-1-2-4-6-8-10(13)14;9-7-5-3-1-2-4-6(5)8(10)11-7/h1-8H2,(H,11,12)(H,13,14);1-4H. The minimum absolute atomic E-state index is 0.245. The molecule has 0 radical (unpaired) electrons. The molecule has 0 saturated heterocycles. The van der Waals surface area contributed by atoms with Crippen molar-refractivity contribution in [2.24, 2.45) is 0 Å². The summed E-state index contributed by atoms with van der Waals surface area (Å²) in [5, 5.41) is 16.7. The van der Waals surface area contributed by atoms with Crippen LogP contribution in [0.3, 0.4) is 0 Å². The third-order valence-electron chi connectivity index (χ3n) is 3.58. The predicted molar refractivity (Wildman–Crippen MR) is 88.4 cm³/mol. The van der Waals surface area contributed by atoms with E-state index in [0.29, 0.717) is 11.1 Å². The molecule has 1 aliphatic rings. The zero-order valence-corrected chi connectivity index (χ0v) is 13.9. The van der Waals surface area contributed by atoms with Crippen LogP contribution in [-0.2, 0) is 14.3 Å². The second kappa shape index (κ2) is 11.0. The maximum absolute atomic E-state index is 10.8. The summed E-state index contributed by atoms with van der Waals surface area (Å²) in [6.07, 6.45) is 5.82. The number of esters is 2. The summed E-state index contributed by atoms with van der Waals surface area (Å²) in [6, 6.07) is 6.53. The van der Waals surface area contributed by atoms with Gasteiger partial charge in [0, 0.05) is 12.8 Å². The maximum atomic E-state index is 10.8. The molecule has 0 spiro atoms. The molecule has 0 unspecified atom stereocenters. The quantitative estimate of drug-likeness (QED) is 0.398. The average Bonchev–Trinajstić information content (AvgIpc) is 2.85. The number of benzene rings is 1. The number of rotatable bonds is 9. The number of unbranched alkanes of at least 4 members (excludes halogenated alkanes) is 5. The first kappa shape index (κ1) is 20.3. The van der Waals surface area contributed by atoms with Crippen molar-refractivity contribution in [1.29, 1.82) is 0 Å². The van der Waals surface area contributed by atoms with Gasteiger partial charge in [-0.15, -0.1) is 0 Å². The highest BCUT2D eigenvalue weighted by molar-refractivity contribution is 6.14. The fourth-order valence-corrected chi connectivity index (χ4v) is 2.29. The molecule has 25 heavy (non-hydrogen) atoms. The van der Waals surface area contributed by atoms with Crippen LogP contribution in [0.5, 0.6) is 0 Å². The van der Waals surface area contributed by atoms with Crippen LogP contribution in [0.1, 0.15) is 72.1 Å². The van der Waals surface area contributed by atoms with Gasteiger partial charge in [-0.2, -0.15) is 0 Å². The van der Waals surface area contributed by atoms with E-state index in [1.165, 1.54) is 0 Å². The van der Waals surface area contributed by atoms with Crippen molar-refractivity contribution in [1.82, 2.24) is 0 Å². The van der Waals surface area contributed by atoms with E-state index in [4.69, 9.17) is 10.2 Å². The molecule has 1 aromatic rings. The molecule has 1 aromatic carbocycles. The minimum atomic E-state index is -0.740. The Morgan fingerprint density at radius 1 is 0.720 bits per heavy atom. The molecule has 2 N–H and O–H groups in total. The summed E-state index contributed by atoms with van der Waals surface area (Å²) in [5.74, 6) is -2.58. The Kier molecular flexibility index (Phi) is 8.92. The van der Waals surface area contributed by atoms with Crippen LogP contribution < -0.4 is 0 Å². The first-order valence-electron chi connectivity index (χ1n) is 8.21. The van der Waals surface area contributed by atoms with Crippen LogP contribution in [0.15, 0.2) is 24.3 Å². The number of carboxylic acids is 2. The highest BCUT2D eigenvalue weighted by atomic mass is 16.6. The fraction of sp³-hybridized carbons (Fsp3) is 0.444. The van der Waals surface area contributed by atoms with Crippen LogP contribution in [0.2, 0.25) is 0 Å². The summed E-state index contributed by atoms with van der Waals surface area (Å²) in [5.41, 5.74) is 0.718. The van der Waals surface area contributed by atoms with Crippen LogP contribution in [-0.4, -0.2) is 34.1 Å². The Morgan fingerprint density at radius 3 is 1.44 bits per heavy atom. The molecule has 0 atom stereocenters. The van der Waals surface area contributed by atoms with Gasteiger partial charge in [-0.3, -0.25) is 9.59 Å². The molecule has 7 heteroatoms. The third-order valence-corrected chi connectivity index (χ3v) is 3.58. The lowest BCUT2D eigenvalue weighted by molar-refractivity contribution is -0.138. The lowest BCUT2D eigenvalue weighted by Crippen LogP contribution is -1.96. The molecule has 0 aliphatic carbocycles. The number of hydrogen-bond acceptors (Lipinski definition) is 5. The number of ether oxygens (including phenoxy) is 1. The van der Waals surface area contributed by atoms with Crippen molar-refractivity contribution in [3.05, 3.63) is 35.4 Å². The van der Waals surface area contributed by atoms with Crippen molar-refractivity contribution in [3.8, 4) is 0 Å². The number of hydrogen-bond donors (Lipinski definition) is 2. The van der Waals surface area contributed by atoms with Crippen LogP contribution in [0, 0.1) is 0 Å². The lowest BCUT2D eigenvalue weighted by Gasteiger charge is -1.98. The van der Waals surface area contributed by atoms with Gasteiger partial charge >= 0.3 is 23.9 Å². The molecule has 7 nitrogen and oxygen atoms in total. The highest BCUT2D eigenvalue weighted by Crippen LogP contribution is 2.18. The van der Waals surface area contributed by atoms with Gasteiger partial charge in [0.05, 0.1) is 11.1 Å². The number of fused-ring (bicyclic) bond motifs is 1. The van der Waals surface area contributed by atoms with Gasteiger partial charge in [-0.25, -0.2) is 9.59 Å². The molecular weight excluding hydrogens is 328 g/mol. The van der Waals surface area contributed by atoms with Crippen LogP contribution in [0.4, 0.5) is 0 Å². The van der Waals surface area contributed by atoms with Gasteiger partial charge in [-0.1, -0.05) is 37.8 Å². The van der Waals surface area contributed by atoms with Gasteiger partial charge in [-0.05, 0) is 25.0 Å². The Bertz CT molecular complexity index is 569. The zero-order valence-electron chi connectivity index (χ0n) is 13.9. The summed E-state index contributed by atoms with van der Waals surface area (Å²) in [6.45, 7) is 0. The van der Waals surface area contributed by atoms with E-state index in [-0.39, 0.29) is 12.8 Å². The van der Waals surface area contributed by atoms with E-state index in [9.17, 15) is 19.2 Å². The average molecular weight is 350 g/mol. The number of carbonyl (C=O) groups is 4. The smallest absolute Gasteiger partial charge is 0.346 e. The molecule has 2 rings (SSSR count). The number of aliphatic carboxylic acids is 2. The molecular formula is C18H22O7. The molecule has 0 saturated carbocycles. The predicted octanol–water partition coefficient (Wildman–Crippen LogP) is 3.27. The normalized spacial score (nSPS) is 12.0. The minimum Gasteiger partial charge on any atom is -0.481 e. The van der Waals surface area contributed by atoms with Crippen molar-refractivity contribution in [2.45, 2.75) is 51.4 Å². The summed E-state index contributed by atoms with van der Waals surface area (Å²) < 4.78 is 4.35. The van der Waals surface area contributed by atoms with E-state index in [1.807, 2.05) is 0 Å². The fourth-order valence-electron chi connectivity index (χ4n) is 2.29. The van der Waals surface area contributed by atoms with Crippen LogP contribution >= 0.6 is 0 Å². The third kappa shape index (κ3) is 8.10. The van der Waals surface area contributed by atoms with Gasteiger partial charge in [0.1, 0.15) is 0 Å². The molecule has 0 aromatic heterocycles. The lowest BCUT2D eigenvalue weighted by atomic mass is 10.1. The maximum Gasteiger partial charge on any atom is 0.346 e. The topological polar surface area (TPSA) is 118 Å². The molecule has 0 bridgehead atoms. The molecule has 136 valence electrons. The zero-order chi connectivity index (χ0) is 18.7. The Morgan fingerprint density at radius 2 is 1.08 bits per heavy atom. The van der Waals surface area contributed by atoms with Gasteiger partial charge in [0.15, 0.2) is 0 Å². The second-order valence-electron chi connectivity index (χ2n) is 5.63. The second-order valence-corrected chi connectivity index (χ2v) is 5.63. The van der Waals surface area contributed by atoms with E-state index in [1.54, 1.807) is 24.3 Å². The monoisotopic (exact) mass is 350 g/mol. The number of carbonyl (C=O) groups excluding carboxylic acids is 2. The SMILES string of the molecule is O=C(O)CCCCCCCCC(=O)O.O=C1OC(=O)c2ccccc21. The van der Waals surface area contributed by atoms with Crippen LogP contribution in [0.25, 0.3) is 0 Å². The molecule has 1 aliphatic heterocycles. The number of cyclic esters (lactones) is 2. The summed E-state index contributed by atoms with van der Waals surface area (Å²) >= 11 is 0. The first-order chi connectivity index (χ1) is 11.9. The highest BCUT2D eigenvalue weighted by Gasteiger charge is 2.28. The molecule has 0 amide bonds. The van der Waals surface area contributed by atoms with E-state index in [0.717, 1.165) is 38.5 Å². The molecule has 0 fully saturated rings. The van der Waals surface area contributed by atoms with Gasteiger partial charge < -0.3 is 14.9 Å². The van der Waals surface area contributed by atoms with Crippen molar-refractivity contribution < 1.29 is 34.1 Å². The van der Waals surface area contributed by atoms with E-state index >= 15 is 0 Å². The van der Waals surface area contributed by atoms with Crippen molar-refractivity contribution in [3.63, 3.8) is 0 Å².